The molecule has 0 radical (unpaired) electrons. The quantitative estimate of drug-likeness (QED) is 0.535. The summed E-state index contributed by atoms with van der Waals surface area (Å²) in [6.45, 7) is 4.26. The van der Waals surface area contributed by atoms with Gasteiger partial charge in [0.1, 0.15) is 6.34 Å². The average Bonchev–Trinajstić information content (AvgIpc) is 2.16. The summed E-state index contributed by atoms with van der Waals surface area (Å²) in [5.74, 6) is 0. The number of hydrogen-bond donors (Lipinski definition) is 0. The van der Waals surface area contributed by atoms with Crippen LogP contribution in [0.25, 0.3) is 0 Å². The first-order chi connectivity index (χ1) is 4.27. The summed E-state index contributed by atoms with van der Waals surface area (Å²) in [6, 6.07) is 0. The second-order valence-corrected chi connectivity index (χ2v) is 2.63. The number of rotatable bonds is 2. The Morgan fingerprint density at radius 3 is 2.78 bits per heavy atom. The molecule has 0 bridgehead atoms. The van der Waals surface area contributed by atoms with Gasteiger partial charge in [0.25, 0.3) is 0 Å². The van der Waals surface area contributed by atoms with Crippen molar-refractivity contribution in [3.05, 3.63) is 0 Å². The third-order valence-corrected chi connectivity index (χ3v) is 1.53. The number of nitrogens with zero attached hydrogens (tertiary/aromatic N) is 2. The zero-order chi connectivity index (χ0) is 6.74. The molecule has 0 amide bonds. The van der Waals surface area contributed by atoms with Crippen LogP contribution in [0.2, 0.25) is 0 Å². The first kappa shape index (κ1) is 6.46. The minimum atomic E-state index is 0.0226. The molecule has 2 nitrogen and oxygen atoms in total. The van der Waals surface area contributed by atoms with Crippen LogP contribution in [-0.2, 0) is 0 Å². The van der Waals surface area contributed by atoms with Crippen LogP contribution in [0.3, 0.4) is 0 Å². The highest BCUT2D eigenvalue weighted by atomic mass is 15.0. The molecule has 1 heterocycles. The van der Waals surface area contributed by atoms with Crippen molar-refractivity contribution in [1.29, 1.82) is 0 Å². The summed E-state index contributed by atoms with van der Waals surface area (Å²) in [4.78, 5) is 8.15. The van der Waals surface area contributed by atoms with Gasteiger partial charge in [-0.05, 0) is 13.3 Å². The van der Waals surface area contributed by atoms with E-state index in [1.807, 2.05) is 6.21 Å². The van der Waals surface area contributed by atoms with E-state index in [-0.39, 0.29) is 5.54 Å². The van der Waals surface area contributed by atoms with Gasteiger partial charge in [-0.2, -0.15) is 0 Å². The van der Waals surface area contributed by atoms with E-state index in [0.717, 1.165) is 6.42 Å². The van der Waals surface area contributed by atoms with Crippen LogP contribution in [0.1, 0.15) is 26.7 Å². The topological polar surface area (TPSA) is 24.7 Å². The fourth-order valence-corrected chi connectivity index (χ4v) is 1.03. The lowest BCUT2D eigenvalue weighted by atomic mass is 10.00. The highest BCUT2D eigenvalue weighted by Gasteiger charge is 2.20. The Morgan fingerprint density at radius 1 is 1.56 bits per heavy atom. The van der Waals surface area contributed by atoms with Gasteiger partial charge in [-0.1, -0.05) is 13.3 Å². The van der Waals surface area contributed by atoms with Crippen molar-refractivity contribution < 1.29 is 0 Å². The smallest absolute Gasteiger partial charge is 0.110 e. The van der Waals surface area contributed by atoms with E-state index in [1.165, 1.54) is 6.42 Å². The predicted molar refractivity (Wildman–Crippen MR) is 40.3 cm³/mol. The Kier molecular flexibility index (Phi) is 1.65. The van der Waals surface area contributed by atoms with Gasteiger partial charge < -0.3 is 0 Å². The first-order valence-corrected chi connectivity index (χ1v) is 3.35. The highest BCUT2D eigenvalue weighted by Crippen LogP contribution is 2.16. The Morgan fingerprint density at radius 2 is 2.33 bits per heavy atom. The lowest BCUT2D eigenvalue weighted by molar-refractivity contribution is 0.581. The van der Waals surface area contributed by atoms with Crippen LogP contribution in [0, 0.1) is 0 Å². The molecule has 1 atom stereocenters. The molecule has 50 valence electrons. The lowest BCUT2D eigenvalue weighted by Gasteiger charge is -2.13. The summed E-state index contributed by atoms with van der Waals surface area (Å²) in [5.41, 5.74) is 0.0226. The zero-order valence-corrected chi connectivity index (χ0v) is 5.96. The van der Waals surface area contributed by atoms with Gasteiger partial charge in [-0.25, -0.2) is 4.99 Å². The van der Waals surface area contributed by atoms with Crippen LogP contribution in [0.5, 0.6) is 0 Å². The van der Waals surface area contributed by atoms with E-state index in [9.17, 15) is 0 Å². The molecule has 0 aromatic carbocycles. The second kappa shape index (κ2) is 2.29. The van der Waals surface area contributed by atoms with E-state index in [1.54, 1.807) is 6.34 Å². The van der Waals surface area contributed by atoms with Crippen molar-refractivity contribution in [1.82, 2.24) is 0 Å². The predicted octanol–water partition coefficient (Wildman–Crippen LogP) is 1.66. The largest absolute Gasteiger partial charge is 0.261 e. The van der Waals surface area contributed by atoms with E-state index >= 15 is 0 Å². The maximum Gasteiger partial charge on any atom is 0.110 e. The SMILES string of the molecule is CCC[C@@]1(C)C=NC=N1. The first-order valence-electron chi connectivity index (χ1n) is 3.35. The standard InChI is InChI=1S/C7H12N2/c1-3-4-7(2)5-8-6-9-7/h5-6H,3-4H2,1-2H3/t7-/m0/s1. The molecule has 0 aliphatic carbocycles. The van der Waals surface area contributed by atoms with E-state index in [4.69, 9.17) is 0 Å². The lowest BCUT2D eigenvalue weighted by Crippen LogP contribution is -2.20. The molecule has 0 aromatic heterocycles. The molecular weight excluding hydrogens is 112 g/mol. The molecule has 0 aromatic rings. The zero-order valence-electron chi connectivity index (χ0n) is 5.96. The molecule has 9 heavy (non-hydrogen) atoms. The molecule has 1 rings (SSSR count). The molecule has 2 heteroatoms. The Hall–Kier alpha value is -0.660. The molecule has 0 saturated heterocycles. The van der Waals surface area contributed by atoms with E-state index in [2.05, 4.69) is 23.8 Å². The van der Waals surface area contributed by atoms with Crippen LogP contribution < -0.4 is 0 Å². The third-order valence-electron chi connectivity index (χ3n) is 1.53. The summed E-state index contributed by atoms with van der Waals surface area (Å²) in [7, 11) is 0. The Balaban J connectivity index is 2.53. The third kappa shape index (κ3) is 1.37. The Bertz CT molecular complexity index is 135. The Labute approximate surface area is 55.7 Å². The highest BCUT2D eigenvalue weighted by molar-refractivity contribution is 5.85. The molecule has 0 N–H and O–H groups in total. The monoisotopic (exact) mass is 124 g/mol. The van der Waals surface area contributed by atoms with Gasteiger partial charge in [0, 0.05) is 6.21 Å². The summed E-state index contributed by atoms with van der Waals surface area (Å²) in [5, 5.41) is 0. The maximum atomic E-state index is 4.21. The van der Waals surface area contributed by atoms with Gasteiger partial charge in [-0.15, -0.1) is 0 Å². The molecule has 0 spiro atoms. The van der Waals surface area contributed by atoms with Crippen molar-refractivity contribution in [2.75, 3.05) is 0 Å². The molecule has 1 aliphatic heterocycles. The van der Waals surface area contributed by atoms with Crippen LogP contribution in [-0.4, -0.2) is 18.1 Å². The fraction of sp³-hybridized carbons (Fsp3) is 0.714. The summed E-state index contributed by atoms with van der Waals surface area (Å²) < 4.78 is 0. The molecular formula is C7H12N2. The molecule has 1 aliphatic rings. The van der Waals surface area contributed by atoms with Crippen molar-refractivity contribution in [2.24, 2.45) is 9.98 Å². The van der Waals surface area contributed by atoms with Crippen molar-refractivity contribution in [3.63, 3.8) is 0 Å². The summed E-state index contributed by atoms with van der Waals surface area (Å²) in [6.07, 6.45) is 5.82. The minimum Gasteiger partial charge on any atom is -0.261 e. The minimum absolute atomic E-state index is 0.0226. The van der Waals surface area contributed by atoms with Crippen LogP contribution in [0.15, 0.2) is 9.98 Å². The number of aliphatic imine (C=N–C) groups is 2. The number of hydrogen-bond acceptors (Lipinski definition) is 2. The normalized spacial score (nSPS) is 31.8. The molecule has 0 fully saturated rings. The van der Waals surface area contributed by atoms with E-state index in [0.29, 0.717) is 0 Å². The average molecular weight is 124 g/mol. The van der Waals surface area contributed by atoms with Gasteiger partial charge in [-0.3, -0.25) is 4.99 Å². The van der Waals surface area contributed by atoms with E-state index < -0.39 is 0 Å². The van der Waals surface area contributed by atoms with Gasteiger partial charge in [0.05, 0.1) is 5.54 Å². The fourth-order valence-electron chi connectivity index (χ4n) is 1.03. The van der Waals surface area contributed by atoms with Crippen LogP contribution >= 0.6 is 0 Å². The molecule has 0 saturated carbocycles. The summed E-state index contributed by atoms with van der Waals surface area (Å²) >= 11 is 0. The molecule has 0 unspecified atom stereocenters. The second-order valence-electron chi connectivity index (χ2n) is 2.63. The van der Waals surface area contributed by atoms with Crippen LogP contribution in [0.4, 0.5) is 0 Å². The van der Waals surface area contributed by atoms with Gasteiger partial charge >= 0.3 is 0 Å². The van der Waals surface area contributed by atoms with Crippen molar-refractivity contribution in [3.8, 4) is 0 Å². The van der Waals surface area contributed by atoms with Gasteiger partial charge in [0.15, 0.2) is 0 Å². The van der Waals surface area contributed by atoms with Gasteiger partial charge in [0.2, 0.25) is 0 Å². The maximum absolute atomic E-state index is 4.21. The van der Waals surface area contributed by atoms with Crippen molar-refractivity contribution in [2.45, 2.75) is 32.2 Å². The van der Waals surface area contributed by atoms with Crippen molar-refractivity contribution >= 4 is 12.6 Å².